The van der Waals surface area contributed by atoms with Crippen molar-refractivity contribution in [2.45, 2.75) is 6.42 Å². The Morgan fingerprint density at radius 2 is 1.71 bits per heavy atom. The summed E-state index contributed by atoms with van der Waals surface area (Å²) in [5.41, 5.74) is 3.53. The summed E-state index contributed by atoms with van der Waals surface area (Å²) in [5.74, 6) is 6.22. The van der Waals surface area contributed by atoms with Crippen molar-refractivity contribution < 1.29 is 14.3 Å². The zero-order valence-electron chi connectivity index (χ0n) is 15.7. The van der Waals surface area contributed by atoms with Crippen LogP contribution in [0.1, 0.15) is 27.0 Å². The van der Waals surface area contributed by atoms with E-state index in [0.29, 0.717) is 38.4 Å². The first kappa shape index (κ1) is 18.3. The van der Waals surface area contributed by atoms with Crippen LogP contribution >= 0.6 is 0 Å². The topological polar surface area (TPSA) is 49.9 Å². The SMILES string of the molecule is O=C(CN1CCc2cc(C#Cc3ccccc3)ccc2C1=O)N1CCOCC1. The Kier molecular flexibility index (Phi) is 5.41. The van der Waals surface area contributed by atoms with E-state index in [-0.39, 0.29) is 18.4 Å². The van der Waals surface area contributed by atoms with Gasteiger partial charge in [-0.25, -0.2) is 0 Å². The lowest BCUT2D eigenvalue weighted by molar-refractivity contribution is -0.136. The van der Waals surface area contributed by atoms with Crippen molar-refractivity contribution in [1.29, 1.82) is 0 Å². The number of fused-ring (bicyclic) bond motifs is 1. The van der Waals surface area contributed by atoms with Crippen LogP contribution in [-0.2, 0) is 16.0 Å². The second-order valence-electron chi connectivity index (χ2n) is 6.96. The van der Waals surface area contributed by atoms with Crippen LogP contribution in [0.5, 0.6) is 0 Å². The van der Waals surface area contributed by atoms with E-state index in [9.17, 15) is 9.59 Å². The second-order valence-corrected chi connectivity index (χ2v) is 6.96. The summed E-state index contributed by atoms with van der Waals surface area (Å²) in [4.78, 5) is 28.7. The van der Waals surface area contributed by atoms with Gasteiger partial charge in [0.15, 0.2) is 0 Å². The molecule has 142 valence electrons. The molecule has 0 N–H and O–H groups in total. The maximum Gasteiger partial charge on any atom is 0.254 e. The zero-order valence-corrected chi connectivity index (χ0v) is 15.7. The van der Waals surface area contributed by atoms with E-state index in [2.05, 4.69) is 11.8 Å². The van der Waals surface area contributed by atoms with Crippen LogP contribution in [0.2, 0.25) is 0 Å². The maximum absolute atomic E-state index is 12.8. The fourth-order valence-corrected chi connectivity index (χ4v) is 3.51. The maximum atomic E-state index is 12.8. The highest BCUT2D eigenvalue weighted by Crippen LogP contribution is 2.20. The van der Waals surface area contributed by atoms with Gasteiger partial charge in [0.1, 0.15) is 6.54 Å². The number of rotatable bonds is 2. The first-order valence-electron chi connectivity index (χ1n) is 9.55. The summed E-state index contributed by atoms with van der Waals surface area (Å²) >= 11 is 0. The molecule has 0 radical (unpaired) electrons. The molecular weight excluding hydrogens is 352 g/mol. The van der Waals surface area contributed by atoms with Crippen LogP contribution in [0.4, 0.5) is 0 Å². The van der Waals surface area contributed by atoms with Crippen LogP contribution in [0, 0.1) is 11.8 Å². The number of hydrogen-bond donors (Lipinski definition) is 0. The minimum atomic E-state index is -0.0783. The molecule has 28 heavy (non-hydrogen) atoms. The van der Waals surface area contributed by atoms with Crippen LogP contribution < -0.4 is 0 Å². The Morgan fingerprint density at radius 3 is 2.50 bits per heavy atom. The summed E-state index contributed by atoms with van der Waals surface area (Å²) in [6.07, 6.45) is 0.734. The first-order valence-corrected chi connectivity index (χ1v) is 9.55. The molecule has 2 aromatic carbocycles. The van der Waals surface area contributed by atoms with Crippen LogP contribution in [0.25, 0.3) is 0 Å². The first-order chi connectivity index (χ1) is 13.7. The summed E-state index contributed by atoms with van der Waals surface area (Å²) in [7, 11) is 0. The molecule has 2 aliphatic heterocycles. The Hall–Kier alpha value is -3.10. The van der Waals surface area contributed by atoms with Gasteiger partial charge in [-0.1, -0.05) is 30.0 Å². The Bertz CT molecular complexity index is 937. The highest BCUT2D eigenvalue weighted by molar-refractivity contribution is 5.98. The fourth-order valence-electron chi connectivity index (χ4n) is 3.51. The van der Waals surface area contributed by atoms with Gasteiger partial charge >= 0.3 is 0 Å². The third kappa shape index (κ3) is 4.08. The van der Waals surface area contributed by atoms with Crippen molar-refractivity contribution in [3.63, 3.8) is 0 Å². The van der Waals surface area contributed by atoms with Crippen molar-refractivity contribution in [3.05, 3.63) is 70.8 Å². The third-order valence-corrected chi connectivity index (χ3v) is 5.09. The number of nitrogens with zero attached hydrogens (tertiary/aromatic N) is 2. The molecule has 2 heterocycles. The van der Waals surface area contributed by atoms with Crippen LogP contribution in [0.15, 0.2) is 48.5 Å². The summed E-state index contributed by atoms with van der Waals surface area (Å²) in [5, 5.41) is 0. The number of morpholine rings is 1. The van der Waals surface area contributed by atoms with E-state index in [1.54, 1.807) is 9.80 Å². The van der Waals surface area contributed by atoms with E-state index in [1.807, 2.05) is 48.5 Å². The molecule has 0 saturated carbocycles. The summed E-state index contributed by atoms with van der Waals surface area (Å²) in [6.45, 7) is 3.01. The fraction of sp³-hybridized carbons (Fsp3) is 0.304. The van der Waals surface area contributed by atoms with E-state index < -0.39 is 0 Å². The minimum Gasteiger partial charge on any atom is -0.378 e. The predicted molar refractivity (Wildman–Crippen MR) is 106 cm³/mol. The molecule has 0 atom stereocenters. The minimum absolute atomic E-state index is 0.00884. The summed E-state index contributed by atoms with van der Waals surface area (Å²) in [6, 6.07) is 15.5. The molecule has 4 rings (SSSR count). The lowest BCUT2D eigenvalue weighted by Gasteiger charge is -2.32. The number of benzene rings is 2. The summed E-state index contributed by atoms with van der Waals surface area (Å²) < 4.78 is 5.28. The van der Waals surface area contributed by atoms with Gasteiger partial charge in [0.2, 0.25) is 5.91 Å². The number of amides is 2. The third-order valence-electron chi connectivity index (χ3n) is 5.09. The molecule has 1 fully saturated rings. The molecule has 2 aromatic rings. The van der Waals surface area contributed by atoms with Crippen molar-refractivity contribution in [3.8, 4) is 11.8 Å². The lowest BCUT2D eigenvalue weighted by Crippen LogP contribution is -2.48. The van der Waals surface area contributed by atoms with E-state index in [1.165, 1.54) is 0 Å². The molecule has 0 aliphatic carbocycles. The number of ether oxygens (including phenoxy) is 1. The molecule has 0 unspecified atom stereocenters. The van der Waals surface area contributed by atoms with Crippen molar-refractivity contribution in [1.82, 2.24) is 9.80 Å². The molecule has 0 aromatic heterocycles. The number of carbonyl (C=O) groups excluding carboxylic acids is 2. The normalized spacial score (nSPS) is 16.2. The molecule has 5 heteroatoms. The molecule has 2 aliphatic rings. The van der Waals surface area contributed by atoms with Gasteiger partial charge in [-0.15, -0.1) is 0 Å². The molecule has 2 amide bonds. The molecule has 1 saturated heterocycles. The predicted octanol–water partition coefficient (Wildman–Crippen LogP) is 1.94. The monoisotopic (exact) mass is 374 g/mol. The number of carbonyl (C=O) groups is 2. The van der Waals surface area contributed by atoms with Gasteiger partial charge < -0.3 is 14.5 Å². The van der Waals surface area contributed by atoms with Gasteiger partial charge in [-0.3, -0.25) is 9.59 Å². The smallest absolute Gasteiger partial charge is 0.254 e. The quantitative estimate of drug-likeness (QED) is 0.755. The van der Waals surface area contributed by atoms with Gasteiger partial charge in [0, 0.05) is 36.3 Å². The van der Waals surface area contributed by atoms with Gasteiger partial charge in [0.25, 0.3) is 5.91 Å². The van der Waals surface area contributed by atoms with Gasteiger partial charge in [-0.2, -0.15) is 0 Å². The Morgan fingerprint density at radius 1 is 0.964 bits per heavy atom. The number of hydrogen-bond acceptors (Lipinski definition) is 3. The van der Waals surface area contributed by atoms with Gasteiger partial charge in [-0.05, 0) is 42.3 Å². The van der Waals surface area contributed by atoms with E-state index in [0.717, 1.165) is 23.1 Å². The average Bonchev–Trinajstić information content (AvgIpc) is 2.75. The van der Waals surface area contributed by atoms with Gasteiger partial charge in [0.05, 0.1) is 13.2 Å². The lowest BCUT2D eigenvalue weighted by atomic mass is 9.96. The molecular formula is C23H22N2O3. The standard InChI is InChI=1S/C23H22N2O3/c26-22(24-12-14-28-15-13-24)17-25-11-10-20-16-19(8-9-21(20)23(25)27)7-6-18-4-2-1-3-5-18/h1-5,8-9,16H,10-15,17H2. The van der Waals surface area contributed by atoms with Crippen LogP contribution in [0.3, 0.4) is 0 Å². The van der Waals surface area contributed by atoms with Crippen molar-refractivity contribution in [2.24, 2.45) is 0 Å². The van der Waals surface area contributed by atoms with E-state index >= 15 is 0 Å². The highest BCUT2D eigenvalue weighted by atomic mass is 16.5. The van der Waals surface area contributed by atoms with E-state index in [4.69, 9.17) is 4.74 Å². The van der Waals surface area contributed by atoms with Crippen LogP contribution in [-0.4, -0.2) is 61.0 Å². The average molecular weight is 374 g/mol. The Balaban J connectivity index is 1.45. The zero-order chi connectivity index (χ0) is 19.3. The largest absolute Gasteiger partial charge is 0.378 e. The Labute approximate surface area is 164 Å². The van der Waals surface area contributed by atoms with Crippen molar-refractivity contribution >= 4 is 11.8 Å². The molecule has 0 bridgehead atoms. The molecule has 5 nitrogen and oxygen atoms in total. The second kappa shape index (κ2) is 8.28. The molecule has 0 spiro atoms. The highest BCUT2D eigenvalue weighted by Gasteiger charge is 2.28. The van der Waals surface area contributed by atoms with Crippen molar-refractivity contribution in [2.75, 3.05) is 39.4 Å².